The lowest BCUT2D eigenvalue weighted by molar-refractivity contribution is -0.132. The van der Waals surface area contributed by atoms with E-state index in [0.717, 1.165) is 13.1 Å². The van der Waals surface area contributed by atoms with Gasteiger partial charge in [0.15, 0.2) is 5.69 Å². The molecule has 2 fully saturated rings. The lowest BCUT2D eigenvalue weighted by Gasteiger charge is -2.37. The first kappa shape index (κ1) is 24.7. The molecule has 5 rings (SSSR count). The molecule has 2 saturated heterocycles. The number of aromatic nitrogens is 2. The van der Waals surface area contributed by atoms with Crippen LogP contribution in [-0.2, 0) is 24.2 Å². The minimum atomic E-state index is -1.52. The van der Waals surface area contributed by atoms with E-state index in [1.807, 2.05) is 6.07 Å². The van der Waals surface area contributed by atoms with Crippen LogP contribution in [0.4, 0.5) is 14.5 Å². The molecule has 36 heavy (non-hydrogen) atoms. The molecule has 8 nitrogen and oxygen atoms in total. The quantitative estimate of drug-likeness (QED) is 0.692. The zero-order valence-electron chi connectivity index (χ0n) is 20.8. The Kier molecular flexibility index (Phi) is 6.72. The predicted octanol–water partition coefficient (Wildman–Crippen LogP) is 1.83. The van der Waals surface area contributed by atoms with Crippen LogP contribution in [0.2, 0.25) is 0 Å². The Bertz CT molecular complexity index is 1160. The van der Waals surface area contributed by atoms with E-state index in [1.54, 1.807) is 4.90 Å². The summed E-state index contributed by atoms with van der Waals surface area (Å²) < 4.78 is 29.8. The van der Waals surface area contributed by atoms with Gasteiger partial charge in [0.25, 0.3) is 5.91 Å². The fourth-order valence-electron chi connectivity index (χ4n) is 5.51. The fourth-order valence-corrected chi connectivity index (χ4v) is 5.51. The van der Waals surface area contributed by atoms with Crippen molar-refractivity contribution in [2.45, 2.75) is 58.1 Å². The molecule has 2 amide bonds. The van der Waals surface area contributed by atoms with Crippen molar-refractivity contribution in [3.8, 4) is 0 Å². The van der Waals surface area contributed by atoms with E-state index >= 15 is 0 Å². The third kappa shape index (κ3) is 4.58. The summed E-state index contributed by atoms with van der Waals surface area (Å²) in [6.07, 6.45) is -3.42. The van der Waals surface area contributed by atoms with E-state index in [0.29, 0.717) is 24.3 Å². The maximum Gasteiger partial charge on any atom is 0.274 e. The molecule has 10 heteroatoms. The molecule has 3 atom stereocenters. The number of carbonyl (C=O) groups is 2. The van der Waals surface area contributed by atoms with Crippen molar-refractivity contribution in [3.63, 3.8) is 0 Å². The Hall–Kier alpha value is -3.01. The highest BCUT2D eigenvalue weighted by atomic mass is 19.1. The summed E-state index contributed by atoms with van der Waals surface area (Å²) in [5, 5.41) is 14.1. The van der Waals surface area contributed by atoms with Crippen molar-refractivity contribution in [2.75, 3.05) is 44.2 Å². The maximum atomic E-state index is 14.3. The van der Waals surface area contributed by atoms with Gasteiger partial charge < -0.3 is 19.8 Å². The highest BCUT2D eigenvalue weighted by Gasteiger charge is 2.37. The molecule has 0 bridgehead atoms. The predicted molar refractivity (Wildman–Crippen MR) is 131 cm³/mol. The average Bonchev–Trinajstić information content (AvgIpc) is 3.40. The third-order valence-electron chi connectivity index (χ3n) is 7.84. The Labute approximate surface area is 209 Å². The molecule has 2 aromatic rings. The first-order valence-electron chi connectivity index (χ1n) is 12.7. The normalized spacial score (nSPS) is 24.2. The number of aliphatic hydroxyl groups excluding tert-OH is 1. The van der Waals surface area contributed by atoms with Crippen LogP contribution in [-0.4, -0.2) is 94.2 Å². The van der Waals surface area contributed by atoms with Gasteiger partial charge in [0.1, 0.15) is 18.9 Å². The molecule has 1 aromatic heterocycles. The van der Waals surface area contributed by atoms with Crippen molar-refractivity contribution < 1.29 is 23.5 Å². The van der Waals surface area contributed by atoms with Gasteiger partial charge in [-0.15, -0.1) is 0 Å². The third-order valence-corrected chi connectivity index (χ3v) is 7.84. The highest BCUT2D eigenvalue weighted by molar-refractivity contribution is 5.94. The minimum absolute atomic E-state index is 0.0593. The number of fused-ring (bicyclic) bond motifs is 1. The van der Waals surface area contributed by atoms with Crippen molar-refractivity contribution in [3.05, 3.63) is 46.3 Å². The average molecular weight is 502 g/mol. The Balaban J connectivity index is 1.27. The van der Waals surface area contributed by atoms with Crippen LogP contribution >= 0.6 is 0 Å². The van der Waals surface area contributed by atoms with Gasteiger partial charge in [0.2, 0.25) is 5.91 Å². The summed E-state index contributed by atoms with van der Waals surface area (Å²) >= 11 is 0. The molecular weight excluding hydrogens is 468 g/mol. The SMILES string of the molecule is Cc1cccc(N2CCN(C(=O)Cn3nc(C(=O)N4CC[C@@H](O)[C@@H](F)C4)c4c3CC(F)C4)CC2)c1C. The van der Waals surface area contributed by atoms with Gasteiger partial charge >= 0.3 is 0 Å². The summed E-state index contributed by atoms with van der Waals surface area (Å²) in [7, 11) is 0. The number of rotatable bonds is 4. The molecule has 3 heterocycles. The maximum absolute atomic E-state index is 14.3. The minimum Gasteiger partial charge on any atom is -0.390 e. The first-order chi connectivity index (χ1) is 17.2. The van der Waals surface area contributed by atoms with Crippen molar-refractivity contribution in [2.24, 2.45) is 0 Å². The van der Waals surface area contributed by atoms with Crippen LogP contribution in [0.3, 0.4) is 0 Å². The van der Waals surface area contributed by atoms with E-state index in [2.05, 4.69) is 36.0 Å². The summed E-state index contributed by atoms with van der Waals surface area (Å²) in [5.74, 6) is -0.588. The van der Waals surface area contributed by atoms with Crippen LogP contribution in [0.1, 0.15) is 39.3 Å². The van der Waals surface area contributed by atoms with Gasteiger partial charge in [0.05, 0.1) is 12.6 Å². The van der Waals surface area contributed by atoms with E-state index in [-0.39, 0.29) is 50.5 Å². The molecule has 1 aliphatic carbocycles. The lowest BCUT2D eigenvalue weighted by atomic mass is 10.1. The molecular formula is C26H33F2N5O3. The Morgan fingerprint density at radius 1 is 1.06 bits per heavy atom. The molecule has 2 aliphatic heterocycles. The summed E-state index contributed by atoms with van der Waals surface area (Å²) in [6, 6.07) is 6.24. The molecule has 0 saturated carbocycles. The molecule has 1 unspecified atom stereocenters. The summed E-state index contributed by atoms with van der Waals surface area (Å²) in [4.78, 5) is 31.7. The number of alkyl halides is 2. The molecule has 194 valence electrons. The van der Waals surface area contributed by atoms with Crippen molar-refractivity contribution in [1.82, 2.24) is 19.6 Å². The second-order valence-corrected chi connectivity index (χ2v) is 10.1. The molecule has 0 spiro atoms. The largest absolute Gasteiger partial charge is 0.390 e. The number of likely N-dealkylation sites (tertiary alicyclic amines) is 1. The van der Waals surface area contributed by atoms with E-state index in [1.165, 1.54) is 26.4 Å². The van der Waals surface area contributed by atoms with E-state index < -0.39 is 24.4 Å². The Morgan fingerprint density at radius 2 is 1.81 bits per heavy atom. The topological polar surface area (TPSA) is 81.9 Å². The smallest absolute Gasteiger partial charge is 0.274 e. The fraction of sp³-hybridized carbons (Fsp3) is 0.577. The van der Waals surface area contributed by atoms with Gasteiger partial charge in [-0.25, -0.2) is 8.78 Å². The molecule has 1 N–H and O–H groups in total. The zero-order valence-corrected chi connectivity index (χ0v) is 20.8. The first-order valence-corrected chi connectivity index (χ1v) is 12.7. The van der Waals surface area contributed by atoms with Crippen LogP contribution in [0.25, 0.3) is 0 Å². The van der Waals surface area contributed by atoms with E-state index in [4.69, 9.17) is 0 Å². The Morgan fingerprint density at radius 3 is 2.53 bits per heavy atom. The lowest BCUT2D eigenvalue weighted by Crippen LogP contribution is -2.50. The zero-order chi connectivity index (χ0) is 25.6. The number of aryl methyl sites for hydroxylation is 1. The van der Waals surface area contributed by atoms with Crippen LogP contribution < -0.4 is 4.90 Å². The van der Waals surface area contributed by atoms with Gasteiger partial charge in [0, 0.05) is 62.5 Å². The van der Waals surface area contributed by atoms with E-state index in [9.17, 15) is 23.5 Å². The standard InChI is InChI=1S/C26H33F2N5O3/c1-16-4-3-5-21(17(16)2)30-8-10-31(11-9-30)24(35)15-33-22-13-18(27)12-19(22)25(29-33)26(36)32-7-6-23(34)20(28)14-32/h3-5,18,20,23,34H,6-15H2,1-2H3/t18?,20-,23+/m0/s1. The second kappa shape index (κ2) is 9.80. The monoisotopic (exact) mass is 501 g/mol. The van der Waals surface area contributed by atoms with Gasteiger partial charge in [-0.3, -0.25) is 14.3 Å². The number of aliphatic hydroxyl groups is 1. The summed E-state index contributed by atoms with van der Waals surface area (Å²) in [5.41, 5.74) is 4.84. The van der Waals surface area contributed by atoms with Crippen LogP contribution in [0, 0.1) is 13.8 Å². The number of hydrogen-bond acceptors (Lipinski definition) is 5. The molecule has 0 radical (unpaired) electrons. The van der Waals surface area contributed by atoms with Crippen LogP contribution in [0.5, 0.6) is 0 Å². The van der Waals surface area contributed by atoms with Crippen molar-refractivity contribution >= 4 is 17.5 Å². The number of nitrogens with zero attached hydrogens (tertiary/aromatic N) is 5. The number of piperazine rings is 1. The number of benzene rings is 1. The number of halogens is 2. The number of piperidine rings is 1. The molecule has 1 aromatic carbocycles. The highest BCUT2D eigenvalue weighted by Crippen LogP contribution is 2.30. The van der Waals surface area contributed by atoms with Crippen LogP contribution in [0.15, 0.2) is 18.2 Å². The van der Waals surface area contributed by atoms with Gasteiger partial charge in [-0.05, 0) is 37.5 Å². The number of hydrogen-bond donors (Lipinski definition) is 1. The van der Waals surface area contributed by atoms with Crippen molar-refractivity contribution in [1.29, 1.82) is 0 Å². The number of anilines is 1. The summed E-state index contributed by atoms with van der Waals surface area (Å²) in [6.45, 7) is 6.71. The van der Waals surface area contributed by atoms with Gasteiger partial charge in [-0.2, -0.15) is 5.10 Å². The van der Waals surface area contributed by atoms with Gasteiger partial charge in [-0.1, -0.05) is 12.1 Å². The molecule has 3 aliphatic rings. The number of carbonyl (C=O) groups excluding carboxylic acids is 2. The second-order valence-electron chi connectivity index (χ2n) is 10.1. The number of amides is 2.